The van der Waals surface area contributed by atoms with Gasteiger partial charge in [0.15, 0.2) is 0 Å². The van der Waals surface area contributed by atoms with Gasteiger partial charge in [0.25, 0.3) is 0 Å². The molecule has 0 aliphatic carbocycles. The van der Waals surface area contributed by atoms with E-state index in [1.54, 1.807) is 0 Å². The van der Waals surface area contributed by atoms with Crippen LogP contribution in [0, 0.1) is 0 Å². The molecular formula is C21H37O3P. The number of hydrogen-bond donors (Lipinski definition) is 2. The van der Waals surface area contributed by atoms with E-state index < -0.39 is 8.60 Å². The van der Waals surface area contributed by atoms with E-state index in [0.717, 1.165) is 25.7 Å². The lowest BCUT2D eigenvalue weighted by atomic mass is 9.90. The molecule has 4 heteroatoms. The van der Waals surface area contributed by atoms with Crippen LogP contribution in [0.3, 0.4) is 0 Å². The van der Waals surface area contributed by atoms with Gasteiger partial charge in [-0.05, 0) is 61.3 Å². The van der Waals surface area contributed by atoms with Gasteiger partial charge in [-0.1, -0.05) is 65.4 Å². The molecule has 1 aromatic rings. The average molecular weight is 368 g/mol. The summed E-state index contributed by atoms with van der Waals surface area (Å²) >= 11 is 0. The van der Waals surface area contributed by atoms with E-state index in [1.165, 1.54) is 68.1 Å². The third kappa shape index (κ3) is 8.53. The molecule has 0 spiro atoms. The summed E-state index contributed by atoms with van der Waals surface area (Å²) in [7, 11) is -2.36. The zero-order valence-electron chi connectivity index (χ0n) is 16.4. The first kappa shape index (κ1) is 22.4. The molecule has 0 unspecified atom stereocenters. The Kier molecular flexibility index (Phi) is 12.2. The lowest BCUT2D eigenvalue weighted by Gasteiger charge is -2.19. The summed E-state index contributed by atoms with van der Waals surface area (Å²) in [4.78, 5) is 18.7. The highest BCUT2D eigenvalue weighted by atomic mass is 31.2. The van der Waals surface area contributed by atoms with Crippen molar-refractivity contribution < 1.29 is 14.3 Å². The first-order chi connectivity index (χ1) is 12.1. The molecular weight excluding hydrogens is 331 g/mol. The quantitative estimate of drug-likeness (QED) is 0.292. The SMILES string of the molecule is CCCCCc1ccc(OP(O)O)c(CCCCC)c1CCCCC. The van der Waals surface area contributed by atoms with Crippen LogP contribution in [0.2, 0.25) is 0 Å². The van der Waals surface area contributed by atoms with E-state index in [4.69, 9.17) is 4.52 Å². The molecule has 0 heterocycles. The van der Waals surface area contributed by atoms with Crippen LogP contribution in [0.5, 0.6) is 5.75 Å². The first-order valence-electron chi connectivity index (χ1n) is 10.1. The van der Waals surface area contributed by atoms with Crippen molar-refractivity contribution in [3.63, 3.8) is 0 Å². The lowest BCUT2D eigenvalue weighted by molar-refractivity contribution is 0.372. The molecule has 0 bridgehead atoms. The Bertz CT molecular complexity index is 474. The van der Waals surface area contributed by atoms with Gasteiger partial charge < -0.3 is 14.3 Å². The highest BCUT2D eigenvalue weighted by Gasteiger charge is 2.16. The number of hydrogen-bond acceptors (Lipinski definition) is 3. The van der Waals surface area contributed by atoms with Crippen LogP contribution in [-0.4, -0.2) is 9.79 Å². The molecule has 0 saturated carbocycles. The second-order valence-electron chi connectivity index (χ2n) is 6.90. The van der Waals surface area contributed by atoms with E-state index in [-0.39, 0.29) is 0 Å². The van der Waals surface area contributed by atoms with E-state index >= 15 is 0 Å². The van der Waals surface area contributed by atoms with Crippen LogP contribution in [0.4, 0.5) is 0 Å². The summed E-state index contributed by atoms with van der Waals surface area (Å²) in [5.74, 6) is 0.679. The molecule has 0 amide bonds. The fourth-order valence-corrected chi connectivity index (χ4v) is 3.73. The van der Waals surface area contributed by atoms with E-state index in [2.05, 4.69) is 26.8 Å². The van der Waals surface area contributed by atoms with E-state index in [9.17, 15) is 9.79 Å². The molecule has 144 valence electrons. The van der Waals surface area contributed by atoms with Gasteiger partial charge in [-0.3, -0.25) is 0 Å². The van der Waals surface area contributed by atoms with Crippen molar-refractivity contribution in [1.29, 1.82) is 0 Å². The summed E-state index contributed by atoms with van der Waals surface area (Å²) in [5.41, 5.74) is 4.06. The van der Waals surface area contributed by atoms with Crippen LogP contribution in [-0.2, 0) is 19.3 Å². The third-order valence-corrected chi connectivity index (χ3v) is 5.14. The Morgan fingerprint density at radius 2 is 1.24 bits per heavy atom. The normalized spacial score (nSPS) is 11.3. The largest absolute Gasteiger partial charge is 0.427 e. The predicted octanol–water partition coefficient (Wildman–Crippen LogP) is 6.48. The number of benzene rings is 1. The number of aryl methyl sites for hydroxylation is 1. The fourth-order valence-electron chi connectivity index (χ4n) is 3.38. The molecule has 0 radical (unpaired) electrons. The monoisotopic (exact) mass is 368 g/mol. The minimum absolute atomic E-state index is 0.679. The van der Waals surface area contributed by atoms with Crippen LogP contribution in [0.1, 0.15) is 95.2 Å². The smallest absolute Gasteiger partial charge is 0.391 e. The van der Waals surface area contributed by atoms with Crippen molar-refractivity contribution >= 4 is 8.60 Å². The molecule has 25 heavy (non-hydrogen) atoms. The van der Waals surface area contributed by atoms with Crippen LogP contribution in [0.25, 0.3) is 0 Å². The summed E-state index contributed by atoms with van der Waals surface area (Å²) < 4.78 is 5.38. The van der Waals surface area contributed by atoms with Gasteiger partial charge in [0.1, 0.15) is 5.75 Å². The summed E-state index contributed by atoms with van der Waals surface area (Å²) in [6.45, 7) is 6.68. The number of unbranched alkanes of at least 4 members (excludes halogenated alkanes) is 6. The predicted molar refractivity (Wildman–Crippen MR) is 108 cm³/mol. The fraction of sp³-hybridized carbons (Fsp3) is 0.714. The molecule has 1 rings (SSSR count). The van der Waals surface area contributed by atoms with Gasteiger partial charge in [-0.2, -0.15) is 0 Å². The minimum atomic E-state index is -2.36. The highest BCUT2D eigenvalue weighted by molar-refractivity contribution is 7.39. The summed E-state index contributed by atoms with van der Waals surface area (Å²) in [6, 6.07) is 4.10. The van der Waals surface area contributed by atoms with Crippen LogP contribution >= 0.6 is 8.60 Å². The molecule has 0 aliphatic heterocycles. The maximum Gasteiger partial charge on any atom is 0.391 e. The van der Waals surface area contributed by atoms with Crippen molar-refractivity contribution in [3.8, 4) is 5.75 Å². The Balaban J connectivity index is 3.10. The van der Waals surface area contributed by atoms with Gasteiger partial charge in [0, 0.05) is 0 Å². The van der Waals surface area contributed by atoms with Crippen molar-refractivity contribution in [3.05, 3.63) is 28.8 Å². The molecule has 2 N–H and O–H groups in total. The molecule has 0 saturated heterocycles. The van der Waals surface area contributed by atoms with Gasteiger partial charge in [0.05, 0.1) is 0 Å². The first-order valence-corrected chi connectivity index (χ1v) is 11.3. The highest BCUT2D eigenvalue weighted by Crippen LogP contribution is 2.36. The van der Waals surface area contributed by atoms with E-state index in [1.807, 2.05) is 6.07 Å². The zero-order chi connectivity index (χ0) is 18.5. The van der Waals surface area contributed by atoms with E-state index in [0.29, 0.717) is 5.75 Å². The van der Waals surface area contributed by atoms with Crippen molar-refractivity contribution in [2.45, 2.75) is 97.8 Å². The standard InChI is InChI=1S/C21H37O3P/c1-4-7-10-13-18-16-17-21(24-25(22)23)20(15-12-9-6-3)19(18)14-11-8-5-2/h16-17,22-23H,4-15H2,1-3H3. The third-order valence-electron chi connectivity index (χ3n) is 4.78. The maximum atomic E-state index is 9.35. The van der Waals surface area contributed by atoms with Gasteiger partial charge in [0.2, 0.25) is 0 Å². The molecule has 3 nitrogen and oxygen atoms in total. The van der Waals surface area contributed by atoms with Gasteiger partial charge in [-0.15, -0.1) is 0 Å². The Morgan fingerprint density at radius 1 is 0.720 bits per heavy atom. The van der Waals surface area contributed by atoms with Gasteiger partial charge >= 0.3 is 8.60 Å². The zero-order valence-corrected chi connectivity index (χ0v) is 17.3. The topological polar surface area (TPSA) is 49.7 Å². The average Bonchev–Trinajstić information content (AvgIpc) is 2.58. The van der Waals surface area contributed by atoms with Crippen molar-refractivity contribution in [1.82, 2.24) is 0 Å². The lowest BCUT2D eigenvalue weighted by Crippen LogP contribution is -2.05. The molecule has 0 aromatic heterocycles. The maximum absolute atomic E-state index is 9.35. The van der Waals surface area contributed by atoms with Crippen LogP contribution < -0.4 is 4.52 Å². The second kappa shape index (κ2) is 13.6. The molecule has 0 fully saturated rings. The summed E-state index contributed by atoms with van der Waals surface area (Å²) in [5, 5.41) is 0. The Labute approximate surface area is 155 Å². The van der Waals surface area contributed by atoms with Crippen molar-refractivity contribution in [2.24, 2.45) is 0 Å². The molecule has 0 atom stereocenters. The molecule has 1 aromatic carbocycles. The minimum Gasteiger partial charge on any atom is -0.427 e. The Morgan fingerprint density at radius 3 is 1.76 bits per heavy atom. The number of rotatable bonds is 14. The summed E-state index contributed by atoms with van der Waals surface area (Å²) in [6.07, 6.45) is 14.0. The van der Waals surface area contributed by atoms with Gasteiger partial charge in [-0.25, -0.2) is 0 Å². The second-order valence-corrected chi connectivity index (χ2v) is 7.58. The van der Waals surface area contributed by atoms with Crippen LogP contribution in [0.15, 0.2) is 12.1 Å². The molecule has 0 aliphatic rings. The van der Waals surface area contributed by atoms with Crippen molar-refractivity contribution in [2.75, 3.05) is 0 Å². The Hall–Kier alpha value is -0.630.